The molecule has 1 atom stereocenters. The molecule has 1 aromatic carbocycles. The van der Waals surface area contributed by atoms with E-state index in [-0.39, 0.29) is 0 Å². The lowest BCUT2D eigenvalue weighted by Crippen LogP contribution is -2.63. The summed E-state index contributed by atoms with van der Waals surface area (Å²) >= 11 is 0. The molecule has 3 rings (SSSR count). The summed E-state index contributed by atoms with van der Waals surface area (Å²) in [4.78, 5) is 4.22. The van der Waals surface area contributed by atoms with E-state index in [1.54, 1.807) is 16.0 Å². The third-order valence-electron chi connectivity index (χ3n) is 5.64. The second kappa shape index (κ2) is 7.19. The van der Waals surface area contributed by atoms with Crippen LogP contribution in [-0.4, -0.2) is 14.3 Å². The molecule has 0 aliphatic heterocycles. The quantitative estimate of drug-likeness (QED) is 0.764. The molecule has 0 saturated heterocycles. The average molecular weight is 326 g/mol. The molecule has 124 valence electrons. The summed E-state index contributed by atoms with van der Waals surface area (Å²) in [5.74, 6) is 0.618. The molecule has 0 radical (unpaired) electrons. The maximum Gasteiger partial charge on any atom is 0.183 e. The highest BCUT2D eigenvalue weighted by atomic mass is 28.3. The summed E-state index contributed by atoms with van der Waals surface area (Å²) in [7, 11) is -1.84. The van der Waals surface area contributed by atoms with Gasteiger partial charge in [0.15, 0.2) is 8.24 Å². The highest BCUT2D eigenvalue weighted by Crippen LogP contribution is 2.32. The van der Waals surface area contributed by atoms with Gasteiger partial charge in [0.05, 0.1) is 0 Å². The Balaban J connectivity index is 1.98. The van der Waals surface area contributed by atoms with Crippen LogP contribution >= 0.6 is 0 Å². The molecule has 1 saturated carbocycles. The molecular formula is C21H31NSi. The van der Waals surface area contributed by atoms with Crippen molar-refractivity contribution >= 4 is 13.4 Å². The molecule has 2 aliphatic rings. The molecule has 1 aromatic rings. The first kappa shape index (κ1) is 16.7. The summed E-state index contributed by atoms with van der Waals surface area (Å²) in [5.41, 5.74) is 1.59. The summed E-state index contributed by atoms with van der Waals surface area (Å²) in [5, 5.41) is 3.26. The van der Waals surface area contributed by atoms with Gasteiger partial charge in [-0.05, 0) is 42.5 Å². The molecule has 23 heavy (non-hydrogen) atoms. The lowest BCUT2D eigenvalue weighted by molar-refractivity contribution is 0.415. The van der Waals surface area contributed by atoms with Gasteiger partial charge in [-0.2, -0.15) is 0 Å². The van der Waals surface area contributed by atoms with Gasteiger partial charge in [0.2, 0.25) is 0 Å². The number of rotatable bonds is 5. The number of hydrogen-bond acceptors (Lipinski definition) is 1. The first-order valence-electron chi connectivity index (χ1n) is 9.34. The SMILES string of the molecule is CC(C)C1=C([Si](C)(NC2CCCCC2)c2ccccc2)CC=C1. The zero-order valence-electron chi connectivity index (χ0n) is 14.9. The van der Waals surface area contributed by atoms with Crippen LogP contribution in [-0.2, 0) is 0 Å². The molecule has 0 aromatic heterocycles. The Kier molecular flexibility index (Phi) is 5.23. The monoisotopic (exact) mass is 325 g/mol. The van der Waals surface area contributed by atoms with E-state index in [0.29, 0.717) is 12.0 Å². The zero-order chi connectivity index (χ0) is 16.3. The number of hydrogen-bond donors (Lipinski definition) is 1. The molecular weight excluding hydrogens is 294 g/mol. The molecule has 1 nitrogen and oxygen atoms in total. The molecule has 1 fully saturated rings. The van der Waals surface area contributed by atoms with Crippen LogP contribution in [0.25, 0.3) is 0 Å². The fourth-order valence-electron chi connectivity index (χ4n) is 4.33. The Morgan fingerprint density at radius 3 is 2.39 bits per heavy atom. The van der Waals surface area contributed by atoms with Crippen molar-refractivity contribution in [3.05, 3.63) is 53.3 Å². The Morgan fingerprint density at radius 1 is 1.04 bits per heavy atom. The smallest absolute Gasteiger partial charge is 0.183 e. The van der Waals surface area contributed by atoms with E-state index in [1.165, 1.54) is 32.1 Å². The molecule has 0 amide bonds. The fourth-order valence-corrected chi connectivity index (χ4v) is 8.46. The van der Waals surface area contributed by atoms with E-state index >= 15 is 0 Å². The minimum absolute atomic E-state index is 0.618. The Morgan fingerprint density at radius 2 is 1.74 bits per heavy atom. The summed E-state index contributed by atoms with van der Waals surface area (Å²) < 4.78 is 0. The maximum atomic E-state index is 4.22. The van der Waals surface area contributed by atoms with Gasteiger partial charge in [-0.15, -0.1) is 0 Å². The summed E-state index contributed by atoms with van der Waals surface area (Å²) in [6.07, 6.45) is 12.8. The van der Waals surface area contributed by atoms with E-state index in [1.807, 2.05) is 0 Å². The number of allylic oxidation sites excluding steroid dienone is 4. The Hall–Kier alpha value is -1.12. The second-order valence-electron chi connectivity index (χ2n) is 7.67. The second-order valence-corrected chi connectivity index (χ2v) is 11.4. The van der Waals surface area contributed by atoms with E-state index in [9.17, 15) is 0 Å². The lowest BCUT2D eigenvalue weighted by atomic mass is 9.96. The van der Waals surface area contributed by atoms with Crippen LogP contribution in [0, 0.1) is 5.92 Å². The third-order valence-corrected chi connectivity index (χ3v) is 9.82. The Labute approximate surface area is 143 Å². The predicted octanol–water partition coefficient (Wildman–Crippen LogP) is 4.84. The fraction of sp³-hybridized carbons (Fsp3) is 0.524. The largest absolute Gasteiger partial charge is 0.328 e. The number of nitrogens with one attached hydrogen (secondary N) is 1. The molecule has 2 aliphatic carbocycles. The van der Waals surface area contributed by atoms with Gasteiger partial charge in [-0.25, -0.2) is 0 Å². The van der Waals surface area contributed by atoms with E-state index < -0.39 is 8.24 Å². The average Bonchev–Trinajstić information content (AvgIpc) is 3.07. The van der Waals surface area contributed by atoms with E-state index in [0.717, 1.165) is 6.42 Å². The van der Waals surface area contributed by atoms with E-state index in [2.05, 4.69) is 67.9 Å². The van der Waals surface area contributed by atoms with Gasteiger partial charge >= 0.3 is 0 Å². The molecule has 0 heterocycles. The van der Waals surface area contributed by atoms with Crippen LogP contribution in [0.4, 0.5) is 0 Å². The van der Waals surface area contributed by atoms with Gasteiger partial charge in [-0.3, -0.25) is 0 Å². The first-order chi connectivity index (χ1) is 11.1. The summed E-state index contributed by atoms with van der Waals surface area (Å²) in [6.45, 7) is 7.22. The van der Waals surface area contributed by atoms with Crippen molar-refractivity contribution in [2.75, 3.05) is 0 Å². The third kappa shape index (κ3) is 3.53. The van der Waals surface area contributed by atoms with Crippen molar-refractivity contribution in [3.8, 4) is 0 Å². The minimum Gasteiger partial charge on any atom is -0.328 e. The molecule has 1 N–H and O–H groups in total. The highest BCUT2D eigenvalue weighted by Gasteiger charge is 2.38. The lowest BCUT2D eigenvalue weighted by Gasteiger charge is -2.38. The van der Waals surface area contributed by atoms with Crippen LogP contribution < -0.4 is 10.2 Å². The predicted molar refractivity (Wildman–Crippen MR) is 103 cm³/mol. The van der Waals surface area contributed by atoms with Crippen LogP contribution in [0.15, 0.2) is 53.3 Å². The molecule has 1 unspecified atom stereocenters. The van der Waals surface area contributed by atoms with Crippen molar-refractivity contribution in [1.29, 1.82) is 0 Å². The zero-order valence-corrected chi connectivity index (χ0v) is 15.9. The van der Waals surface area contributed by atoms with Crippen molar-refractivity contribution in [1.82, 2.24) is 4.98 Å². The van der Waals surface area contributed by atoms with Gasteiger partial charge in [0.1, 0.15) is 0 Å². The van der Waals surface area contributed by atoms with Crippen LogP contribution in [0.3, 0.4) is 0 Å². The molecule has 0 spiro atoms. The van der Waals surface area contributed by atoms with Crippen molar-refractivity contribution in [2.45, 2.75) is 65.0 Å². The van der Waals surface area contributed by atoms with Gasteiger partial charge in [0.25, 0.3) is 0 Å². The van der Waals surface area contributed by atoms with E-state index in [4.69, 9.17) is 0 Å². The van der Waals surface area contributed by atoms with Crippen LogP contribution in [0.2, 0.25) is 6.55 Å². The standard InChI is InChI=1S/C21H31NSi/c1-17(2)20-15-10-16-21(20)23(3,19-13-8-5-9-14-19)22-18-11-6-4-7-12-18/h5,8-10,13-15,17-18,22H,4,6-7,11-12,16H2,1-3H3. The topological polar surface area (TPSA) is 12.0 Å². The summed E-state index contributed by atoms with van der Waals surface area (Å²) in [6, 6.07) is 12.0. The highest BCUT2D eigenvalue weighted by molar-refractivity contribution is 6.95. The Bertz CT molecular complexity index is 581. The maximum absolute atomic E-state index is 4.22. The number of benzene rings is 1. The van der Waals surface area contributed by atoms with Gasteiger partial charge < -0.3 is 4.98 Å². The normalized spacial score (nSPS) is 21.9. The first-order valence-corrected chi connectivity index (χ1v) is 11.8. The van der Waals surface area contributed by atoms with Crippen molar-refractivity contribution < 1.29 is 0 Å². The molecule has 2 heteroatoms. The molecule has 0 bridgehead atoms. The van der Waals surface area contributed by atoms with Crippen molar-refractivity contribution in [2.24, 2.45) is 5.92 Å². The van der Waals surface area contributed by atoms with Gasteiger partial charge in [0, 0.05) is 6.04 Å². The minimum atomic E-state index is -1.84. The van der Waals surface area contributed by atoms with Gasteiger partial charge in [-0.1, -0.05) is 80.8 Å². The van der Waals surface area contributed by atoms with Crippen molar-refractivity contribution in [3.63, 3.8) is 0 Å². The van der Waals surface area contributed by atoms with Crippen LogP contribution in [0.1, 0.15) is 52.4 Å². The van der Waals surface area contributed by atoms with Crippen LogP contribution in [0.5, 0.6) is 0 Å².